The van der Waals surface area contributed by atoms with Crippen LogP contribution in [0.1, 0.15) is 17.2 Å². The van der Waals surface area contributed by atoms with Gasteiger partial charge in [-0.05, 0) is 17.7 Å². The lowest BCUT2D eigenvalue weighted by atomic mass is 9.95. The Kier molecular flexibility index (Phi) is 5.18. The van der Waals surface area contributed by atoms with Gasteiger partial charge in [0.1, 0.15) is 5.82 Å². The van der Waals surface area contributed by atoms with Gasteiger partial charge in [-0.1, -0.05) is 30.3 Å². The highest BCUT2D eigenvalue weighted by Gasteiger charge is 2.23. The van der Waals surface area contributed by atoms with Crippen LogP contribution >= 0.6 is 0 Å². The molecule has 5 nitrogen and oxygen atoms in total. The van der Waals surface area contributed by atoms with Crippen molar-refractivity contribution in [3.8, 4) is 0 Å². The molecule has 1 amide bonds. The Balaban J connectivity index is 2.61. The topological polar surface area (TPSA) is 67.6 Å². The summed E-state index contributed by atoms with van der Waals surface area (Å²) in [5, 5.41) is 2.43. The highest BCUT2D eigenvalue weighted by Crippen LogP contribution is 2.36. The first-order chi connectivity index (χ1) is 11.0. The summed E-state index contributed by atoms with van der Waals surface area (Å²) >= 11 is 0. The number of nitrogens with two attached hydrogens (primary N) is 1. The predicted molar refractivity (Wildman–Crippen MR) is 89.2 cm³/mol. The zero-order valence-electron chi connectivity index (χ0n) is 13.3. The van der Waals surface area contributed by atoms with Crippen LogP contribution in [0.3, 0.4) is 0 Å². The van der Waals surface area contributed by atoms with Crippen LogP contribution in [0.25, 0.3) is 0 Å². The Labute approximate surface area is 134 Å². The summed E-state index contributed by atoms with van der Waals surface area (Å²) in [4.78, 5) is 13.4. The van der Waals surface area contributed by atoms with Crippen molar-refractivity contribution >= 4 is 17.5 Å². The molecule has 0 spiro atoms. The van der Waals surface area contributed by atoms with Crippen LogP contribution in [0.5, 0.6) is 0 Å². The quantitative estimate of drug-likeness (QED) is 0.909. The van der Waals surface area contributed by atoms with Gasteiger partial charge in [0.2, 0.25) is 0 Å². The molecule has 0 bridgehead atoms. The van der Waals surface area contributed by atoms with Gasteiger partial charge in [-0.3, -0.25) is 5.32 Å². The summed E-state index contributed by atoms with van der Waals surface area (Å²) in [6, 6.07) is 11.6. The van der Waals surface area contributed by atoms with Gasteiger partial charge >= 0.3 is 6.09 Å². The van der Waals surface area contributed by atoms with Crippen LogP contribution in [0, 0.1) is 5.82 Å². The molecular formula is C17H20FN3O2. The fraction of sp³-hybridized carbons (Fsp3) is 0.235. The van der Waals surface area contributed by atoms with Crippen molar-refractivity contribution in [3.63, 3.8) is 0 Å². The Hall–Kier alpha value is -2.60. The third-order valence-electron chi connectivity index (χ3n) is 3.54. The number of methoxy groups -OCH3 is 1. The molecule has 0 radical (unpaired) electrons. The van der Waals surface area contributed by atoms with Gasteiger partial charge in [0, 0.05) is 25.3 Å². The summed E-state index contributed by atoms with van der Waals surface area (Å²) in [5.41, 5.74) is 8.41. The number of rotatable bonds is 4. The number of ether oxygens (including phenoxy) is 1. The normalized spacial score (nSPS) is 11.7. The number of halogens is 1. The lowest BCUT2D eigenvalue weighted by molar-refractivity contribution is 0.186. The second kappa shape index (κ2) is 7.11. The Bertz CT molecular complexity index is 690. The Morgan fingerprint density at radius 1 is 1.22 bits per heavy atom. The molecule has 2 aromatic carbocycles. The zero-order chi connectivity index (χ0) is 17.0. The van der Waals surface area contributed by atoms with Crippen molar-refractivity contribution in [3.05, 3.63) is 59.4 Å². The van der Waals surface area contributed by atoms with Crippen LogP contribution in [-0.2, 0) is 4.74 Å². The van der Waals surface area contributed by atoms with Gasteiger partial charge in [0.25, 0.3) is 0 Å². The fourth-order valence-corrected chi connectivity index (χ4v) is 2.39. The van der Waals surface area contributed by atoms with Gasteiger partial charge in [-0.15, -0.1) is 0 Å². The number of benzene rings is 2. The van der Waals surface area contributed by atoms with E-state index in [0.29, 0.717) is 11.3 Å². The van der Waals surface area contributed by atoms with E-state index >= 15 is 0 Å². The molecule has 1 unspecified atom stereocenters. The molecule has 2 aromatic rings. The highest BCUT2D eigenvalue weighted by atomic mass is 19.1. The summed E-state index contributed by atoms with van der Waals surface area (Å²) in [6.45, 7) is 0. The largest absolute Gasteiger partial charge is 0.453 e. The van der Waals surface area contributed by atoms with E-state index in [1.54, 1.807) is 6.07 Å². The number of hydrogen-bond donors (Lipinski definition) is 2. The molecule has 1 atom stereocenters. The van der Waals surface area contributed by atoms with Gasteiger partial charge < -0.3 is 15.4 Å². The summed E-state index contributed by atoms with van der Waals surface area (Å²) in [7, 11) is 4.88. The summed E-state index contributed by atoms with van der Waals surface area (Å²) in [6.07, 6.45) is -0.749. The van der Waals surface area contributed by atoms with E-state index in [9.17, 15) is 9.18 Å². The standard InChI is InChI=1S/C17H20FN3O2/c1-21(2)13-10-9-12(18)16(20-17(22)23-3)14(13)15(19)11-7-5-4-6-8-11/h4-10,15H,19H2,1-3H3,(H,20,22). The van der Waals surface area contributed by atoms with E-state index in [0.717, 1.165) is 5.56 Å². The summed E-state index contributed by atoms with van der Waals surface area (Å²) in [5.74, 6) is -0.567. The number of amides is 1. The summed E-state index contributed by atoms with van der Waals surface area (Å²) < 4.78 is 18.9. The Morgan fingerprint density at radius 3 is 2.43 bits per heavy atom. The van der Waals surface area contributed by atoms with Gasteiger partial charge in [0.05, 0.1) is 18.8 Å². The van der Waals surface area contributed by atoms with Crippen molar-refractivity contribution in [2.24, 2.45) is 5.73 Å². The highest BCUT2D eigenvalue weighted by molar-refractivity contribution is 5.88. The molecular weight excluding hydrogens is 297 g/mol. The molecule has 2 rings (SSSR count). The van der Waals surface area contributed by atoms with Crippen molar-refractivity contribution in [2.45, 2.75) is 6.04 Å². The maximum Gasteiger partial charge on any atom is 0.411 e. The lowest BCUT2D eigenvalue weighted by Crippen LogP contribution is -2.23. The average molecular weight is 317 g/mol. The predicted octanol–water partition coefficient (Wildman–Crippen LogP) is 3.12. The number of nitrogens with one attached hydrogen (secondary N) is 1. The van der Waals surface area contributed by atoms with E-state index in [2.05, 4.69) is 10.1 Å². The molecule has 0 aliphatic carbocycles. The minimum atomic E-state index is -0.749. The third-order valence-corrected chi connectivity index (χ3v) is 3.54. The van der Waals surface area contributed by atoms with Crippen LogP contribution in [0.15, 0.2) is 42.5 Å². The molecule has 0 saturated heterocycles. The van der Waals surface area contributed by atoms with E-state index < -0.39 is 18.0 Å². The molecule has 122 valence electrons. The maximum atomic E-state index is 14.3. The fourth-order valence-electron chi connectivity index (χ4n) is 2.39. The molecule has 23 heavy (non-hydrogen) atoms. The minimum Gasteiger partial charge on any atom is -0.453 e. The van der Waals surface area contributed by atoms with E-state index in [-0.39, 0.29) is 5.69 Å². The average Bonchev–Trinajstić information content (AvgIpc) is 2.56. The first-order valence-electron chi connectivity index (χ1n) is 7.11. The van der Waals surface area contributed by atoms with Crippen LogP contribution in [0.2, 0.25) is 0 Å². The zero-order valence-corrected chi connectivity index (χ0v) is 13.3. The van der Waals surface area contributed by atoms with Crippen molar-refractivity contribution in [1.82, 2.24) is 0 Å². The van der Waals surface area contributed by atoms with Gasteiger partial charge in [0.15, 0.2) is 0 Å². The van der Waals surface area contributed by atoms with Crippen LogP contribution < -0.4 is 16.0 Å². The molecule has 3 N–H and O–H groups in total. The Morgan fingerprint density at radius 2 is 1.87 bits per heavy atom. The maximum absolute atomic E-state index is 14.3. The third kappa shape index (κ3) is 3.60. The minimum absolute atomic E-state index is 0.0272. The van der Waals surface area contributed by atoms with Crippen molar-refractivity contribution in [2.75, 3.05) is 31.4 Å². The number of anilines is 2. The van der Waals surface area contributed by atoms with E-state index in [1.165, 1.54) is 13.2 Å². The first kappa shape index (κ1) is 16.8. The number of carbonyl (C=O) groups excluding carboxylic acids is 1. The number of hydrogen-bond acceptors (Lipinski definition) is 4. The van der Waals surface area contributed by atoms with Crippen LogP contribution in [0.4, 0.5) is 20.6 Å². The van der Waals surface area contributed by atoms with Crippen molar-refractivity contribution in [1.29, 1.82) is 0 Å². The van der Waals surface area contributed by atoms with Gasteiger partial charge in [-0.25, -0.2) is 9.18 Å². The first-order valence-corrected chi connectivity index (χ1v) is 7.11. The smallest absolute Gasteiger partial charge is 0.411 e. The SMILES string of the molecule is COC(=O)Nc1c(F)ccc(N(C)C)c1C(N)c1ccccc1. The lowest BCUT2D eigenvalue weighted by Gasteiger charge is -2.25. The van der Waals surface area contributed by atoms with E-state index in [1.807, 2.05) is 49.3 Å². The number of nitrogens with zero attached hydrogens (tertiary/aromatic N) is 1. The second-order valence-corrected chi connectivity index (χ2v) is 5.25. The second-order valence-electron chi connectivity index (χ2n) is 5.25. The monoisotopic (exact) mass is 317 g/mol. The molecule has 0 aliphatic heterocycles. The molecule has 0 fully saturated rings. The van der Waals surface area contributed by atoms with Crippen molar-refractivity contribution < 1.29 is 13.9 Å². The van der Waals surface area contributed by atoms with Crippen LogP contribution in [-0.4, -0.2) is 27.3 Å². The van der Waals surface area contributed by atoms with Gasteiger partial charge in [-0.2, -0.15) is 0 Å². The molecule has 6 heteroatoms. The molecule has 0 aromatic heterocycles. The molecule has 0 saturated carbocycles. The molecule has 0 heterocycles. The molecule has 0 aliphatic rings. The number of carbonyl (C=O) groups is 1. The van der Waals surface area contributed by atoms with E-state index in [4.69, 9.17) is 5.73 Å².